The number of aromatic nitrogens is 3. The maximum atomic E-state index is 5.59. The maximum absolute atomic E-state index is 5.59. The summed E-state index contributed by atoms with van der Waals surface area (Å²) in [5, 5.41) is 6.49. The monoisotopic (exact) mass is 313 g/mol. The van der Waals surface area contributed by atoms with Gasteiger partial charge in [-0.3, -0.25) is 0 Å². The summed E-state index contributed by atoms with van der Waals surface area (Å²) in [6.07, 6.45) is 4.22. The molecule has 0 aliphatic carbocycles. The SMILES string of the molecule is CCCNc1nc(NC(C)CCSC)nc(OC(C)C)n1. The van der Waals surface area contributed by atoms with Crippen molar-refractivity contribution in [2.24, 2.45) is 0 Å². The highest BCUT2D eigenvalue weighted by molar-refractivity contribution is 7.98. The normalized spacial score (nSPS) is 12.3. The fourth-order valence-corrected chi connectivity index (χ4v) is 2.18. The Hall–Kier alpha value is -1.24. The molecule has 0 saturated carbocycles. The lowest BCUT2D eigenvalue weighted by molar-refractivity contribution is 0.222. The van der Waals surface area contributed by atoms with E-state index in [1.165, 1.54) is 0 Å². The molecule has 1 aromatic rings. The van der Waals surface area contributed by atoms with Gasteiger partial charge in [0.15, 0.2) is 0 Å². The summed E-state index contributed by atoms with van der Waals surface area (Å²) < 4.78 is 5.59. The van der Waals surface area contributed by atoms with E-state index in [4.69, 9.17) is 4.74 Å². The molecule has 0 radical (unpaired) electrons. The number of hydrogen-bond donors (Lipinski definition) is 2. The lowest BCUT2D eigenvalue weighted by Gasteiger charge is -2.15. The van der Waals surface area contributed by atoms with Crippen molar-refractivity contribution in [3.05, 3.63) is 0 Å². The van der Waals surface area contributed by atoms with Crippen molar-refractivity contribution in [2.45, 2.75) is 52.7 Å². The minimum atomic E-state index is 0.0354. The van der Waals surface area contributed by atoms with Gasteiger partial charge in [-0.1, -0.05) is 6.92 Å². The quantitative estimate of drug-likeness (QED) is 0.688. The number of hydrogen-bond acceptors (Lipinski definition) is 7. The molecular weight excluding hydrogens is 286 g/mol. The first-order valence-corrected chi connectivity index (χ1v) is 8.86. The Morgan fingerprint density at radius 1 is 1.14 bits per heavy atom. The van der Waals surface area contributed by atoms with Crippen LogP contribution in [0.3, 0.4) is 0 Å². The van der Waals surface area contributed by atoms with Crippen LogP contribution in [0, 0.1) is 0 Å². The summed E-state index contributed by atoms with van der Waals surface area (Å²) in [6.45, 7) is 8.96. The Balaban J connectivity index is 2.79. The zero-order valence-electron chi connectivity index (χ0n) is 13.6. The molecule has 0 fully saturated rings. The van der Waals surface area contributed by atoms with Gasteiger partial charge in [-0.15, -0.1) is 0 Å². The molecule has 0 aliphatic heterocycles. The lowest BCUT2D eigenvalue weighted by Crippen LogP contribution is -2.20. The summed E-state index contributed by atoms with van der Waals surface area (Å²) in [7, 11) is 0. The van der Waals surface area contributed by atoms with Gasteiger partial charge in [-0.05, 0) is 45.6 Å². The molecular formula is C14H27N5OS. The van der Waals surface area contributed by atoms with E-state index in [1.807, 2.05) is 25.6 Å². The lowest BCUT2D eigenvalue weighted by atomic mass is 10.3. The second-order valence-corrected chi connectivity index (χ2v) is 6.17. The highest BCUT2D eigenvalue weighted by atomic mass is 32.2. The van der Waals surface area contributed by atoms with Crippen LogP contribution in [0.5, 0.6) is 6.01 Å². The molecule has 0 aromatic carbocycles. The molecule has 120 valence electrons. The number of ether oxygens (including phenoxy) is 1. The maximum Gasteiger partial charge on any atom is 0.323 e. The van der Waals surface area contributed by atoms with Crippen LogP contribution in [0.25, 0.3) is 0 Å². The average Bonchev–Trinajstić information content (AvgIpc) is 2.42. The molecule has 0 aliphatic rings. The Morgan fingerprint density at radius 3 is 2.48 bits per heavy atom. The zero-order chi connectivity index (χ0) is 15.7. The molecule has 0 amide bonds. The molecule has 1 unspecified atom stereocenters. The first kappa shape index (κ1) is 17.8. The van der Waals surface area contributed by atoms with E-state index in [0.29, 0.717) is 23.9 Å². The number of anilines is 2. The first-order chi connectivity index (χ1) is 10.0. The second kappa shape index (κ2) is 9.65. The van der Waals surface area contributed by atoms with Crippen LogP contribution in [-0.2, 0) is 0 Å². The van der Waals surface area contributed by atoms with Gasteiger partial charge in [0.05, 0.1) is 6.10 Å². The number of rotatable bonds is 10. The van der Waals surface area contributed by atoms with E-state index in [-0.39, 0.29) is 6.10 Å². The van der Waals surface area contributed by atoms with Gasteiger partial charge in [0.25, 0.3) is 0 Å². The summed E-state index contributed by atoms with van der Waals surface area (Å²) >= 11 is 1.84. The van der Waals surface area contributed by atoms with E-state index >= 15 is 0 Å². The van der Waals surface area contributed by atoms with Crippen molar-refractivity contribution in [2.75, 3.05) is 29.2 Å². The molecule has 7 heteroatoms. The summed E-state index contributed by atoms with van der Waals surface area (Å²) in [6, 6.07) is 0.670. The average molecular weight is 313 g/mol. The van der Waals surface area contributed by atoms with Crippen LogP contribution in [0.15, 0.2) is 0 Å². The number of nitrogens with one attached hydrogen (secondary N) is 2. The third-order valence-corrected chi connectivity index (χ3v) is 3.26. The van der Waals surface area contributed by atoms with Gasteiger partial charge in [0.1, 0.15) is 0 Å². The molecule has 1 rings (SSSR count). The van der Waals surface area contributed by atoms with Crippen molar-refractivity contribution < 1.29 is 4.74 Å². The van der Waals surface area contributed by atoms with Gasteiger partial charge in [0.2, 0.25) is 11.9 Å². The number of nitrogens with zero attached hydrogens (tertiary/aromatic N) is 3. The van der Waals surface area contributed by atoms with Crippen LogP contribution < -0.4 is 15.4 Å². The van der Waals surface area contributed by atoms with Crippen LogP contribution >= 0.6 is 11.8 Å². The fourth-order valence-electron chi connectivity index (χ4n) is 1.59. The van der Waals surface area contributed by atoms with Gasteiger partial charge in [-0.25, -0.2) is 0 Å². The van der Waals surface area contributed by atoms with E-state index in [9.17, 15) is 0 Å². The van der Waals surface area contributed by atoms with E-state index in [1.54, 1.807) is 0 Å². The third kappa shape index (κ3) is 7.36. The van der Waals surface area contributed by atoms with Gasteiger partial charge < -0.3 is 15.4 Å². The second-order valence-electron chi connectivity index (χ2n) is 5.19. The predicted molar refractivity (Wildman–Crippen MR) is 90.5 cm³/mol. The summed E-state index contributed by atoms with van der Waals surface area (Å²) in [4.78, 5) is 13.0. The minimum Gasteiger partial charge on any atom is -0.461 e. The molecule has 6 nitrogen and oxygen atoms in total. The van der Waals surface area contributed by atoms with Crippen LogP contribution in [-0.4, -0.2) is 45.7 Å². The molecule has 1 heterocycles. The zero-order valence-corrected chi connectivity index (χ0v) is 14.5. The first-order valence-electron chi connectivity index (χ1n) is 7.47. The highest BCUT2D eigenvalue weighted by Gasteiger charge is 2.11. The van der Waals surface area contributed by atoms with Crippen molar-refractivity contribution in [1.29, 1.82) is 0 Å². The fraction of sp³-hybridized carbons (Fsp3) is 0.786. The molecule has 0 saturated heterocycles. The Bertz CT molecular complexity index is 416. The van der Waals surface area contributed by atoms with Gasteiger partial charge in [-0.2, -0.15) is 26.7 Å². The van der Waals surface area contributed by atoms with Crippen LogP contribution in [0.4, 0.5) is 11.9 Å². The van der Waals surface area contributed by atoms with E-state index in [0.717, 1.165) is 25.1 Å². The standard InChI is InChI=1S/C14H27N5OS/c1-6-8-15-12-17-13(16-11(4)7-9-21-5)19-14(18-12)20-10(2)3/h10-11H,6-9H2,1-5H3,(H2,15,16,17,18,19). The Kier molecular flexibility index (Phi) is 8.19. The molecule has 2 N–H and O–H groups in total. The van der Waals surface area contributed by atoms with Crippen LogP contribution in [0.1, 0.15) is 40.5 Å². The molecule has 1 aromatic heterocycles. The predicted octanol–water partition coefficient (Wildman–Crippen LogP) is 3.03. The Morgan fingerprint density at radius 2 is 1.86 bits per heavy atom. The smallest absolute Gasteiger partial charge is 0.323 e. The van der Waals surface area contributed by atoms with Gasteiger partial charge >= 0.3 is 6.01 Å². The molecule has 21 heavy (non-hydrogen) atoms. The number of thioether (sulfide) groups is 1. The highest BCUT2D eigenvalue weighted by Crippen LogP contribution is 2.14. The minimum absolute atomic E-state index is 0.0354. The van der Waals surface area contributed by atoms with Crippen molar-refractivity contribution in [3.63, 3.8) is 0 Å². The summed E-state index contributed by atoms with van der Waals surface area (Å²) in [5.41, 5.74) is 0. The van der Waals surface area contributed by atoms with Crippen LogP contribution in [0.2, 0.25) is 0 Å². The van der Waals surface area contributed by atoms with Gasteiger partial charge in [0, 0.05) is 12.6 Å². The van der Waals surface area contributed by atoms with Crippen molar-refractivity contribution in [1.82, 2.24) is 15.0 Å². The van der Waals surface area contributed by atoms with Crippen molar-refractivity contribution >= 4 is 23.7 Å². The Labute approximate surface area is 131 Å². The molecule has 0 bridgehead atoms. The summed E-state index contributed by atoms with van der Waals surface area (Å²) in [5.74, 6) is 2.23. The van der Waals surface area contributed by atoms with E-state index in [2.05, 4.69) is 45.7 Å². The van der Waals surface area contributed by atoms with Crippen molar-refractivity contribution in [3.8, 4) is 6.01 Å². The topological polar surface area (TPSA) is 72.0 Å². The largest absolute Gasteiger partial charge is 0.461 e. The van der Waals surface area contributed by atoms with E-state index < -0.39 is 0 Å². The molecule has 1 atom stereocenters. The molecule has 0 spiro atoms. The third-order valence-electron chi connectivity index (χ3n) is 2.62.